The summed E-state index contributed by atoms with van der Waals surface area (Å²) in [5.41, 5.74) is 4.89. The van der Waals surface area contributed by atoms with Crippen LogP contribution in [0.2, 0.25) is 0 Å². The average Bonchev–Trinajstić information content (AvgIpc) is 1.65. The first-order valence-electron chi connectivity index (χ1n) is 1.65. The Hall–Kier alpha value is -0.520. The fraction of sp³-hybridized carbons (Fsp3) is 0.500. The van der Waals surface area contributed by atoms with Gasteiger partial charge in [-0.2, -0.15) is 0 Å². The molecular weight excluding hydrogens is 78.1 g/mol. The Balaban J connectivity index is 3.04. The smallest absolute Gasteiger partial charge is 0.126 e. The molecule has 0 bridgehead atoms. The maximum atomic E-state index is 8.31. The number of nitrogens with two attached hydrogens (primary N) is 1. The molecule has 2 nitrogen and oxygen atoms in total. The molecule has 0 spiro atoms. The topological polar surface area (TPSA) is 46.2 Å². The number of terminal acetylenes is 1. The van der Waals surface area contributed by atoms with Gasteiger partial charge in [-0.25, -0.2) is 0 Å². The highest BCUT2D eigenvalue weighted by atomic mass is 16.3. The summed E-state index contributed by atoms with van der Waals surface area (Å²) >= 11 is 0. The van der Waals surface area contributed by atoms with E-state index in [1.54, 1.807) is 0 Å². The van der Waals surface area contributed by atoms with Gasteiger partial charge in [-0.15, -0.1) is 6.42 Å². The Morgan fingerprint density at radius 1 is 2.00 bits per heavy atom. The van der Waals surface area contributed by atoms with E-state index in [1.807, 2.05) is 5.92 Å². The molecule has 2 heteroatoms. The maximum Gasteiger partial charge on any atom is 0.126 e. The van der Waals surface area contributed by atoms with Crippen LogP contribution in [0.15, 0.2) is 0 Å². The van der Waals surface area contributed by atoms with Crippen molar-refractivity contribution in [1.82, 2.24) is 0 Å². The minimum Gasteiger partial charge on any atom is -0.379 e. The fourth-order valence-corrected chi connectivity index (χ4v) is 0.0680. The molecule has 0 radical (unpaired) electrons. The number of aliphatic hydroxyl groups excluding tert-OH is 1. The molecule has 0 saturated carbocycles. The first kappa shape index (κ1) is 5.48. The summed E-state index contributed by atoms with van der Waals surface area (Å²) in [5.74, 6) is 2.05. The standard InChI is InChI=1S/C4H7NO/c1-2-4(6)3-5/h1,4,6H,3,5H2. The van der Waals surface area contributed by atoms with Gasteiger partial charge in [-0.1, -0.05) is 5.92 Å². The Morgan fingerprint density at radius 3 is 2.50 bits per heavy atom. The van der Waals surface area contributed by atoms with E-state index in [4.69, 9.17) is 17.3 Å². The van der Waals surface area contributed by atoms with Crippen LogP contribution in [0.1, 0.15) is 0 Å². The molecule has 0 amide bonds. The van der Waals surface area contributed by atoms with E-state index in [0.29, 0.717) is 0 Å². The van der Waals surface area contributed by atoms with Crippen LogP contribution in [0.5, 0.6) is 0 Å². The lowest BCUT2D eigenvalue weighted by atomic mass is 10.4. The Morgan fingerprint density at radius 2 is 2.50 bits per heavy atom. The molecular formula is C4H7NO. The zero-order valence-electron chi connectivity index (χ0n) is 3.39. The van der Waals surface area contributed by atoms with Gasteiger partial charge in [-0.3, -0.25) is 0 Å². The third kappa shape index (κ3) is 1.77. The highest BCUT2D eigenvalue weighted by Gasteiger charge is 1.87. The van der Waals surface area contributed by atoms with E-state index in [9.17, 15) is 0 Å². The van der Waals surface area contributed by atoms with E-state index in [1.165, 1.54) is 0 Å². The normalized spacial score (nSPS) is 12.8. The highest BCUT2D eigenvalue weighted by Crippen LogP contribution is 1.66. The van der Waals surface area contributed by atoms with E-state index in [-0.39, 0.29) is 6.54 Å². The van der Waals surface area contributed by atoms with Crippen LogP contribution >= 0.6 is 0 Å². The van der Waals surface area contributed by atoms with Gasteiger partial charge in [0.1, 0.15) is 6.10 Å². The van der Waals surface area contributed by atoms with E-state index in [0.717, 1.165) is 0 Å². The van der Waals surface area contributed by atoms with Crippen molar-refractivity contribution in [3.63, 3.8) is 0 Å². The van der Waals surface area contributed by atoms with Crippen LogP contribution in [0.25, 0.3) is 0 Å². The Bertz CT molecular complexity index is 64.4. The lowest BCUT2D eigenvalue weighted by Gasteiger charge is -1.90. The molecule has 1 atom stereocenters. The molecule has 6 heavy (non-hydrogen) atoms. The molecule has 0 aromatic carbocycles. The number of rotatable bonds is 1. The molecule has 34 valence electrons. The van der Waals surface area contributed by atoms with E-state index < -0.39 is 6.10 Å². The summed E-state index contributed by atoms with van der Waals surface area (Å²) in [7, 11) is 0. The first-order chi connectivity index (χ1) is 2.81. The predicted molar refractivity (Wildman–Crippen MR) is 23.9 cm³/mol. The first-order valence-corrected chi connectivity index (χ1v) is 1.65. The summed E-state index contributed by atoms with van der Waals surface area (Å²) < 4.78 is 0. The second kappa shape index (κ2) is 2.70. The third-order valence-electron chi connectivity index (χ3n) is 0.416. The van der Waals surface area contributed by atoms with Crippen molar-refractivity contribution in [3.05, 3.63) is 0 Å². The molecule has 0 aliphatic heterocycles. The molecule has 0 aliphatic rings. The van der Waals surface area contributed by atoms with E-state index >= 15 is 0 Å². The molecule has 0 aliphatic carbocycles. The zero-order valence-corrected chi connectivity index (χ0v) is 3.39. The van der Waals surface area contributed by atoms with Gasteiger partial charge in [0.25, 0.3) is 0 Å². The van der Waals surface area contributed by atoms with Crippen molar-refractivity contribution in [3.8, 4) is 12.3 Å². The summed E-state index contributed by atoms with van der Waals surface area (Å²) in [6.45, 7) is 0.149. The Labute approximate surface area is 37.0 Å². The predicted octanol–water partition coefficient (Wildman–Crippen LogP) is -1.06. The van der Waals surface area contributed by atoms with Crippen molar-refractivity contribution >= 4 is 0 Å². The summed E-state index contributed by atoms with van der Waals surface area (Å²) in [6, 6.07) is 0. The van der Waals surface area contributed by atoms with Crippen LogP contribution in [-0.4, -0.2) is 17.8 Å². The average molecular weight is 85.1 g/mol. The van der Waals surface area contributed by atoms with Crippen molar-refractivity contribution in [1.29, 1.82) is 0 Å². The Kier molecular flexibility index (Phi) is 2.47. The zero-order chi connectivity index (χ0) is 4.99. The molecule has 3 N–H and O–H groups in total. The van der Waals surface area contributed by atoms with Crippen LogP contribution in [-0.2, 0) is 0 Å². The van der Waals surface area contributed by atoms with Crippen LogP contribution < -0.4 is 5.73 Å². The summed E-state index contributed by atoms with van der Waals surface area (Å²) in [5, 5.41) is 8.31. The van der Waals surface area contributed by atoms with Crippen molar-refractivity contribution < 1.29 is 5.11 Å². The van der Waals surface area contributed by atoms with Crippen molar-refractivity contribution in [2.45, 2.75) is 6.10 Å². The van der Waals surface area contributed by atoms with Crippen molar-refractivity contribution in [2.24, 2.45) is 5.73 Å². The van der Waals surface area contributed by atoms with Gasteiger partial charge >= 0.3 is 0 Å². The van der Waals surface area contributed by atoms with Crippen molar-refractivity contribution in [2.75, 3.05) is 6.54 Å². The molecule has 0 rings (SSSR count). The van der Waals surface area contributed by atoms with Gasteiger partial charge in [0.05, 0.1) is 0 Å². The van der Waals surface area contributed by atoms with Gasteiger partial charge in [0.2, 0.25) is 0 Å². The van der Waals surface area contributed by atoms with Crippen LogP contribution in [0.4, 0.5) is 0 Å². The largest absolute Gasteiger partial charge is 0.379 e. The lowest BCUT2D eigenvalue weighted by Crippen LogP contribution is -2.16. The third-order valence-corrected chi connectivity index (χ3v) is 0.416. The fourth-order valence-electron chi connectivity index (χ4n) is 0.0680. The van der Waals surface area contributed by atoms with Gasteiger partial charge in [0.15, 0.2) is 0 Å². The quantitative estimate of drug-likeness (QED) is 0.399. The number of hydrogen-bond acceptors (Lipinski definition) is 2. The summed E-state index contributed by atoms with van der Waals surface area (Å²) in [6.07, 6.45) is 3.94. The number of aliphatic hydroxyl groups is 1. The maximum absolute atomic E-state index is 8.31. The SMILES string of the molecule is C#CC(O)CN. The second-order valence-electron chi connectivity index (χ2n) is 0.918. The van der Waals surface area contributed by atoms with Gasteiger partial charge in [0, 0.05) is 6.54 Å². The lowest BCUT2D eigenvalue weighted by molar-refractivity contribution is 0.241. The van der Waals surface area contributed by atoms with Gasteiger partial charge < -0.3 is 10.8 Å². The molecule has 0 aromatic heterocycles. The van der Waals surface area contributed by atoms with E-state index in [2.05, 4.69) is 0 Å². The monoisotopic (exact) mass is 85.1 g/mol. The highest BCUT2D eigenvalue weighted by molar-refractivity contribution is 4.93. The minimum atomic E-state index is -0.759. The molecule has 0 saturated heterocycles. The molecule has 0 heterocycles. The van der Waals surface area contributed by atoms with Gasteiger partial charge in [-0.05, 0) is 0 Å². The molecule has 1 unspecified atom stereocenters. The molecule has 0 fully saturated rings. The second-order valence-corrected chi connectivity index (χ2v) is 0.918. The minimum absolute atomic E-state index is 0.149. The van der Waals surface area contributed by atoms with Crippen LogP contribution in [0, 0.1) is 12.3 Å². The number of hydrogen-bond donors (Lipinski definition) is 2. The molecule has 0 aromatic rings. The van der Waals surface area contributed by atoms with Crippen LogP contribution in [0.3, 0.4) is 0 Å². The summed E-state index contributed by atoms with van der Waals surface area (Å²) in [4.78, 5) is 0.